The van der Waals surface area contributed by atoms with Gasteiger partial charge in [0.1, 0.15) is 0 Å². The van der Waals surface area contributed by atoms with Crippen LogP contribution in [-0.4, -0.2) is 70.4 Å². The summed E-state index contributed by atoms with van der Waals surface area (Å²) < 4.78 is 8.03. The first-order valence-electron chi connectivity index (χ1n) is 15.9. The van der Waals surface area contributed by atoms with Crippen LogP contribution in [0.2, 0.25) is 0 Å². The number of ether oxygens (including phenoxy) is 1. The number of nitrogens with one attached hydrogen (secondary N) is 2. The lowest BCUT2D eigenvalue weighted by Gasteiger charge is -2.32. The van der Waals surface area contributed by atoms with Crippen LogP contribution in [-0.2, 0) is 7.05 Å². The first-order valence-corrected chi connectivity index (χ1v) is 15.9. The molecule has 2 fully saturated rings. The summed E-state index contributed by atoms with van der Waals surface area (Å²) in [6.07, 6.45) is 8.56. The number of likely N-dealkylation sites (tertiary alicyclic amines) is 1. The molecule has 1 amide bonds. The second-order valence-electron chi connectivity index (χ2n) is 12.5. The number of aryl methyl sites for hydroxylation is 2. The normalized spacial score (nSPS) is 22.7. The first-order chi connectivity index (χ1) is 20.9. The van der Waals surface area contributed by atoms with Gasteiger partial charge in [0.15, 0.2) is 0 Å². The minimum Gasteiger partial charge on any atom is -0.477 e. The Balaban J connectivity index is 1.21. The van der Waals surface area contributed by atoms with Gasteiger partial charge in [-0.1, -0.05) is 6.92 Å². The van der Waals surface area contributed by atoms with Crippen molar-refractivity contribution in [1.82, 2.24) is 19.7 Å². The Morgan fingerprint density at radius 2 is 1.91 bits per heavy atom. The molecular weight excluding hydrogens is 540 g/mol. The molecule has 2 aromatic heterocycles. The van der Waals surface area contributed by atoms with Gasteiger partial charge in [0.05, 0.1) is 35.4 Å². The number of fused-ring (bicyclic) bond motifs is 7. The molecule has 1 saturated carbocycles. The van der Waals surface area contributed by atoms with Crippen molar-refractivity contribution in [2.24, 2.45) is 23.9 Å². The maximum absolute atomic E-state index is 13.7. The van der Waals surface area contributed by atoms with Crippen LogP contribution in [0.1, 0.15) is 61.5 Å². The number of piperidine rings is 1. The predicted molar refractivity (Wildman–Crippen MR) is 170 cm³/mol. The van der Waals surface area contributed by atoms with Crippen LogP contribution in [0.3, 0.4) is 0 Å². The molecule has 2 N–H and O–H groups in total. The fraction of sp³-hybridized carbons (Fsp3) is 0.515. The summed E-state index contributed by atoms with van der Waals surface area (Å²) in [7, 11) is 1.88. The molecule has 0 radical (unpaired) electrons. The van der Waals surface area contributed by atoms with Crippen molar-refractivity contribution in [2.75, 3.05) is 48.3 Å². The average molecular weight is 583 g/mol. The third kappa shape index (κ3) is 5.85. The zero-order valence-corrected chi connectivity index (χ0v) is 25.5. The van der Waals surface area contributed by atoms with Crippen molar-refractivity contribution in [1.29, 1.82) is 0 Å². The molecule has 0 spiro atoms. The van der Waals surface area contributed by atoms with Gasteiger partial charge in [0.25, 0.3) is 5.91 Å². The van der Waals surface area contributed by atoms with E-state index in [-0.39, 0.29) is 5.91 Å². The summed E-state index contributed by atoms with van der Waals surface area (Å²) in [4.78, 5) is 27.9. The molecule has 10 heteroatoms. The first kappa shape index (κ1) is 27.9. The lowest BCUT2D eigenvalue weighted by atomic mass is 9.97. The van der Waals surface area contributed by atoms with Crippen LogP contribution >= 0.6 is 0 Å². The summed E-state index contributed by atoms with van der Waals surface area (Å²) in [6, 6.07) is 10.6. The van der Waals surface area contributed by atoms with Crippen LogP contribution in [0.5, 0.6) is 5.88 Å². The van der Waals surface area contributed by atoms with Gasteiger partial charge in [-0.3, -0.25) is 9.78 Å². The number of carbonyl (C=O) groups excluding carboxylic acids is 1. The number of anilines is 3. The molecule has 1 unspecified atom stereocenters. The van der Waals surface area contributed by atoms with E-state index in [0.717, 1.165) is 80.2 Å². The van der Waals surface area contributed by atoms with Crippen LogP contribution in [0, 0.1) is 18.8 Å². The van der Waals surface area contributed by atoms with Gasteiger partial charge < -0.3 is 25.2 Å². The van der Waals surface area contributed by atoms with E-state index >= 15 is 0 Å². The number of hydrogen-bond acceptors (Lipinski definition) is 8. The number of benzene rings is 1. The summed E-state index contributed by atoms with van der Waals surface area (Å²) in [6.45, 7) is 8.94. The third-order valence-electron chi connectivity index (χ3n) is 9.43. The number of nitrogens with zero attached hydrogens (tertiary/aromatic N) is 6. The lowest BCUT2D eigenvalue weighted by Crippen LogP contribution is -2.38. The molecule has 1 aliphatic carbocycles. The lowest BCUT2D eigenvalue weighted by molar-refractivity contribution is 0.100. The van der Waals surface area contributed by atoms with Gasteiger partial charge in [0.2, 0.25) is 11.8 Å². The van der Waals surface area contributed by atoms with Crippen LogP contribution in [0.4, 0.5) is 17.1 Å². The van der Waals surface area contributed by atoms with Gasteiger partial charge in [-0.25, -0.2) is 4.68 Å². The SMILES string of the molecule is CCN1CCC(Nc2ccc3c(c2)N/C2=N\C(=O)c4cc(C)nc(c4)-c4cnn(C)c4OCCCC(C4CC4)CN23)CC1. The molecule has 1 aromatic carbocycles. The molecule has 3 aromatic rings. The van der Waals surface area contributed by atoms with Crippen molar-refractivity contribution in [3.63, 3.8) is 0 Å². The minimum atomic E-state index is -0.294. The Kier molecular flexibility index (Phi) is 7.55. The second-order valence-corrected chi connectivity index (χ2v) is 12.5. The smallest absolute Gasteiger partial charge is 0.280 e. The number of guanidine groups is 1. The Morgan fingerprint density at radius 1 is 1.07 bits per heavy atom. The number of hydrogen-bond donors (Lipinski definition) is 2. The van der Waals surface area contributed by atoms with E-state index in [9.17, 15) is 4.79 Å². The van der Waals surface area contributed by atoms with Gasteiger partial charge in [-0.15, -0.1) is 0 Å². The van der Waals surface area contributed by atoms with Crippen molar-refractivity contribution in [3.05, 3.63) is 47.8 Å². The summed E-state index contributed by atoms with van der Waals surface area (Å²) in [5.74, 6) is 2.16. The summed E-state index contributed by atoms with van der Waals surface area (Å²) >= 11 is 0. The number of carbonyl (C=O) groups is 1. The van der Waals surface area contributed by atoms with Crippen molar-refractivity contribution < 1.29 is 9.53 Å². The highest BCUT2D eigenvalue weighted by atomic mass is 16.5. The maximum Gasteiger partial charge on any atom is 0.280 e. The van der Waals surface area contributed by atoms with Crippen LogP contribution in [0.25, 0.3) is 11.3 Å². The highest BCUT2D eigenvalue weighted by molar-refractivity contribution is 6.19. The van der Waals surface area contributed by atoms with E-state index < -0.39 is 0 Å². The molecule has 10 nitrogen and oxygen atoms in total. The van der Waals surface area contributed by atoms with E-state index in [1.54, 1.807) is 23.0 Å². The zero-order chi connectivity index (χ0) is 29.5. The number of aliphatic imine (C=N–C) groups is 1. The quantitative estimate of drug-likeness (QED) is 0.427. The van der Waals surface area contributed by atoms with E-state index in [4.69, 9.17) is 14.7 Å². The Labute approximate surface area is 253 Å². The molecule has 1 saturated heterocycles. The molecular formula is C33H42N8O2. The molecule has 3 aliphatic heterocycles. The van der Waals surface area contributed by atoms with Gasteiger partial charge in [-0.05, 0) is 94.2 Å². The Hall–Kier alpha value is -3.92. The van der Waals surface area contributed by atoms with Crippen molar-refractivity contribution in [2.45, 2.75) is 58.4 Å². The zero-order valence-electron chi connectivity index (χ0n) is 25.5. The molecule has 4 aliphatic rings. The third-order valence-corrected chi connectivity index (χ3v) is 9.43. The highest BCUT2D eigenvalue weighted by Gasteiger charge is 2.36. The largest absolute Gasteiger partial charge is 0.477 e. The molecule has 1 atom stereocenters. The van der Waals surface area contributed by atoms with Crippen LogP contribution in [0.15, 0.2) is 41.5 Å². The maximum atomic E-state index is 13.7. The number of amides is 1. The fourth-order valence-electron chi connectivity index (χ4n) is 6.82. The predicted octanol–water partition coefficient (Wildman–Crippen LogP) is 5.31. The topological polar surface area (TPSA) is 99.9 Å². The van der Waals surface area contributed by atoms with Gasteiger partial charge in [-0.2, -0.15) is 10.1 Å². The molecule has 226 valence electrons. The number of rotatable bonds is 4. The monoisotopic (exact) mass is 582 g/mol. The van der Waals surface area contributed by atoms with E-state index in [0.29, 0.717) is 47.6 Å². The van der Waals surface area contributed by atoms with E-state index in [1.807, 2.05) is 14.0 Å². The second kappa shape index (κ2) is 11.6. The summed E-state index contributed by atoms with van der Waals surface area (Å²) in [5.41, 5.74) is 5.87. The van der Waals surface area contributed by atoms with E-state index in [2.05, 4.69) is 50.7 Å². The highest BCUT2D eigenvalue weighted by Crippen LogP contribution is 2.43. The minimum absolute atomic E-state index is 0.294. The number of aromatic nitrogens is 3. The van der Waals surface area contributed by atoms with Gasteiger partial charge in [0, 0.05) is 49.7 Å². The number of pyridine rings is 1. The summed E-state index contributed by atoms with van der Waals surface area (Å²) in [5, 5.41) is 11.7. The Morgan fingerprint density at radius 3 is 2.70 bits per heavy atom. The van der Waals surface area contributed by atoms with Crippen molar-refractivity contribution >= 4 is 28.9 Å². The van der Waals surface area contributed by atoms with Crippen LogP contribution < -0.4 is 20.3 Å². The Bertz CT molecular complexity index is 1540. The molecule has 2 bridgehead atoms. The fourth-order valence-corrected chi connectivity index (χ4v) is 6.82. The standard InChI is InChI=1S/C33H42N8O2/c1-4-40-13-11-25(12-14-40)36-26-9-10-30-29(18-26)37-33-38-31(42)24-16-21(2)35-28(17-24)27-19-34-39(3)32(27)43-15-5-6-23(20-41(30)33)22-7-8-22/h9-10,16-19,22-23,25,36H,4-8,11-15,20H2,1-3H3,(H,37,38,42). The van der Waals surface area contributed by atoms with Crippen molar-refractivity contribution in [3.8, 4) is 17.1 Å². The molecule has 43 heavy (non-hydrogen) atoms. The molecule has 5 heterocycles. The van der Waals surface area contributed by atoms with Gasteiger partial charge >= 0.3 is 0 Å². The molecule has 7 rings (SSSR count). The van der Waals surface area contributed by atoms with E-state index in [1.165, 1.54) is 12.8 Å². The average Bonchev–Trinajstić information content (AvgIpc) is 3.71.